The Morgan fingerprint density at radius 3 is 2.44 bits per heavy atom. The van der Waals surface area contributed by atoms with Crippen LogP contribution in [0.3, 0.4) is 0 Å². The average Bonchev–Trinajstić information content (AvgIpc) is 2.39. The summed E-state index contributed by atoms with van der Waals surface area (Å²) in [5.74, 6) is 0.304. The molecule has 0 saturated heterocycles. The van der Waals surface area contributed by atoms with Gasteiger partial charge in [-0.25, -0.2) is 9.37 Å². The summed E-state index contributed by atoms with van der Waals surface area (Å²) in [7, 11) is 1.83. The van der Waals surface area contributed by atoms with Crippen LogP contribution in [-0.2, 0) is 6.61 Å². The van der Waals surface area contributed by atoms with Crippen LogP contribution in [0.15, 0.2) is 42.6 Å². The fourth-order valence-electron chi connectivity index (χ4n) is 1.35. The zero-order chi connectivity index (χ0) is 12.1. The van der Waals surface area contributed by atoms with Crippen LogP contribution in [0.25, 0.3) is 0 Å². The Morgan fingerprint density at radius 2 is 1.89 bits per heavy atom. The summed E-state index contributed by atoms with van der Waals surface area (Å²) in [5, 5.41) is 2.97. The summed E-state index contributed by atoms with van der Waals surface area (Å²) in [5.41, 5.74) is 1.84. The summed E-state index contributed by atoms with van der Waals surface area (Å²) < 4.78 is 18.1. The maximum absolute atomic E-state index is 12.7. The van der Waals surface area contributed by atoms with Crippen molar-refractivity contribution >= 4 is 18.1 Å². The number of ether oxygens (including phenoxy) is 1. The molecule has 1 aromatic carbocycles. The molecule has 2 rings (SSSR count). The normalized spacial score (nSPS) is 9.44. The number of nitrogens with zero attached hydrogens (tertiary/aromatic N) is 1. The van der Waals surface area contributed by atoms with Crippen molar-refractivity contribution in [3.63, 3.8) is 0 Å². The zero-order valence-electron chi connectivity index (χ0n) is 9.89. The standard InChI is InChI=1S/C13H13FN2O.ClH/c1-15-12-6-7-13(16-8-12)17-9-10-2-4-11(14)5-3-10;/h2-8,15H,9H2,1H3;1H. The molecule has 0 aliphatic carbocycles. The maximum atomic E-state index is 12.7. The zero-order valence-corrected chi connectivity index (χ0v) is 10.7. The van der Waals surface area contributed by atoms with E-state index < -0.39 is 0 Å². The van der Waals surface area contributed by atoms with E-state index in [4.69, 9.17) is 4.74 Å². The van der Waals surface area contributed by atoms with Crippen molar-refractivity contribution in [1.29, 1.82) is 0 Å². The SMILES string of the molecule is CNc1ccc(OCc2ccc(F)cc2)nc1.Cl. The molecule has 0 radical (unpaired) electrons. The van der Waals surface area contributed by atoms with Crippen LogP contribution in [0.1, 0.15) is 5.56 Å². The predicted octanol–water partition coefficient (Wildman–Crippen LogP) is 3.26. The van der Waals surface area contributed by atoms with Crippen molar-refractivity contribution in [2.75, 3.05) is 12.4 Å². The van der Waals surface area contributed by atoms with Gasteiger partial charge in [-0.1, -0.05) is 12.1 Å². The summed E-state index contributed by atoms with van der Waals surface area (Å²) >= 11 is 0. The molecule has 0 unspecified atom stereocenters. The monoisotopic (exact) mass is 268 g/mol. The van der Waals surface area contributed by atoms with Gasteiger partial charge in [-0.2, -0.15) is 0 Å². The molecule has 0 amide bonds. The van der Waals surface area contributed by atoms with E-state index in [0.717, 1.165) is 11.3 Å². The van der Waals surface area contributed by atoms with Gasteiger partial charge in [-0.3, -0.25) is 0 Å². The number of nitrogens with one attached hydrogen (secondary N) is 1. The first-order chi connectivity index (χ1) is 8.28. The number of rotatable bonds is 4. The molecular formula is C13H14ClFN2O. The third-order valence-corrected chi connectivity index (χ3v) is 2.32. The minimum Gasteiger partial charge on any atom is -0.473 e. The highest BCUT2D eigenvalue weighted by Gasteiger charge is 1.98. The van der Waals surface area contributed by atoms with E-state index in [1.165, 1.54) is 12.1 Å². The van der Waals surface area contributed by atoms with E-state index in [0.29, 0.717) is 12.5 Å². The van der Waals surface area contributed by atoms with E-state index in [9.17, 15) is 4.39 Å². The Hall–Kier alpha value is -1.81. The fraction of sp³-hybridized carbons (Fsp3) is 0.154. The summed E-state index contributed by atoms with van der Waals surface area (Å²) in [4.78, 5) is 4.12. The lowest BCUT2D eigenvalue weighted by molar-refractivity contribution is 0.294. The number of aromatic nitrogens is 1. The second-order valence-corrected chi connectivity index (χ2v) is 3.55. The molecule has 2 aromatic rings. The Kier molecular flexibility index (Phi) is 5.39. The second-order valence-electron chi connectivity index (χ2n) is 3.55. The molecule has 0 spiro atoms. The summed E-state index contributed by atoms with van der Waals surface area (Å²) in [6.45, 7) is 0.381. The van der Waals surface area contributed by atoms with E-state index in [1.54, 1.807) is 24.4 Å². The number of hydrogen-bond acceptors (Lipinski definition) is 3. The third kappa shape index (κ3) is 3.89. The van der Waals surface area contributed by atoms with Gasteiger partial charge in [0.1, 0.15) is 12.4 Å². The average molecular weight is 269 g/mol. The molecule has 18 heavy (non-hydrogen) atoms. The molecular weight excluding hydrogens is 255 g/mol. The van der Waals surface area contributed by atoms with Crippen LogP contribution < -0.4 is 10.1 Å². The molecule has 0 aliphatic heterocycles. The molecule has 0 aliphatic rings. The number of pyridine rings is 1. The van der Waals surface area contributed by atoms with E-state index >= 15 is 0 Å². The van der Waals surface area contributed by atoms with E-state index in [2.05, 4.69) is 10.3 Å². The molecule has 1 N–H and O–H groups in total. The lowest BCUT2D eigenvalue weighted by Gasteiger charge is -2.06. The van der Waals surface area contributed by atoms with Crippen LogP contribution in [0.2, 0.25) is 0 Å². The van der Waals surface area contributed by atoms with Gasteiger partial charge >= 0.3 is 0 Å². The van der Waals surface area contributed by atoms with Gasteiger partial charge < -0.3 is 10.1 Å². The number of benzene rings is 1. The number of hydrogen-bond donors (Lipinski definition) is 1. The quantitative estimate of drug-likeness (QED) is 0.924. The Balaban J connectivity index is 0.00000162. The van der Waals surface area contributed by atoms with Gasteiger partial charge in [0.25, 0.3) is 0 Å². The van der Waals surface area contributed by atoms with Crippen molar-refractivity contribution in [1.82, 2.24) is 4.98 Å². The first kappa shape index (κ1) is 14.3. The Bertz CT molecular complexity index is 473. The minimum atomic E-state index is -0.245. The number of anilines is 1. The third-order valence-electron chi connectivity index (χ3n) is 2.32. The van der Waals surface area contributed by atoms with Crippen molar-refractivity contribution in [3.05, 3.63) is 54.0 Å². The van der Waals surface area contributed by atoms with Crippen LogP contribution in [0.4, 0.5) is 10.1 Å². The molecule has 0 fully saturated rings. The second kappa shape index (κ2) is 6.81. The lowest BCUT2D eigenvalue weighted by Crippen LogP contribution is -1.97. The summed E-state index contributed by atoms with van der Waals surface area (Å²) in [6, 6.07) is 9.88. The van der Waals surface area contributed by atoms with Gasteiger partial charge in [0, 0.05) is 13.1 Å². The maximum Gasteiger partial charge on any atom is 0.213 e. The van der Waals surface area contributed by atoms with Crippen molar-refractivity contribution in [3.8, 4) is 5.88 Å². The van der Waals surface area contributed by atoms with E-state index in [1.807, 2.05) is 13.1 Å². The molecule has 1 heterocycles. The van der Waals surface area contributed by atoms with Gasteiger partial charge in [-0.15, -0.1) is 12.4 Å². The van der Waals surface area contributed by atoms with Crippen LogP contribution in [0.5, 0.6) is 5.88 Å². The fourth-order valence-corrected chi connectivity index (χ4v) is 1.35. The van der Waals surface area contributed by atoms with E-state index in [-0.39, 0.29) is 18.2 Å². The molecule has 0 saturated carbocycles. The first-order valence-corrected chi connectivity index (χ1v) is 5.29. The smallest absolute Gasteiger partial charge is 0.213 e. The van der Waals surface area contributed by atoms with Gasteiger partial charge in [-0.05, 0) is 23.8 Å². The van der Waals surface area contributed by atoms with Gasteiger partial charge in [0.2, 0.25) is 5.88 Å². The topological polar surface area (TPSA) is 34.1 Å². The Labute approximate surface area is 111 Å². The van der Waals surface area contributed by atoms with Crippen LogP contribution in [-0.4, -0.2) is 12.0 Å². The molecule has 0 atom stereocenters. The molecule has 3 nitrogen and oxygen atoms in total. The first-order valence-electron chi connectivity index (χ1n) is 5.29. The lowest BCUT2D eigenvalue weighted by atomic mass is 10.2. The Morgan fingerprint density at radius 1 is 1.17 bits per heavy atom. The van der Waals surface area contributed by atoms with Crippen LogP contribution >= 0.6 is 12.4 Å². The van der Waals surface area contributed by atoms with Gasteiger partial charge in [0.15, 0.2) is 0 Å². The summed E-state index contributed by atoms with van der Waals surface area (Å²) in [6.07, 6.45) is 1.69. The molecule has 1 aromatic heterocycles. The largest absolute Gasteiger partial charge is 0.473 e. The highest BCUT2D eigenvalue weighted by atomic mass is 35.5. The van der Waals surface area contributed by atoms with Gasteiger partial charge in [0.05, 0.1) is 11.9 Å². The highest BCUT2D eigenvalue weighted by molar-refractivity contribution is 5.85. The van der Waals surface area contributed by atoms with Crippen molar-refractivity contribution in [2.45, 2.75) is 6.61 Å². The predicted molar refractivity (Wildman–Crippen MR) is 71.8 cm³/mol. The molecule has 0 bridgehead atoms. The van der Waals surface area contributed by atoms with Crippen LogP contribution in [0, 0.1) is 5.82 Å². The molecule has 5 heteroatoms. The van der Waals surface area contributed by atoms with Crippen molar-refractivity contribution < 1.29 is 9.13 Å². The van der Waals surface area contributed by atoms with Crippen molar-refractivity contribution in [2.24, 2.45) is 0 Å². The number of halogens is 2. The highest BCUT2D eigenvalue weighted by Crippen LogP contribution is 2.12. The molecule has 96 valence electrons. The minimum absolute atomic E-state index is 0.